The molecule has 2 N–H and O–H groups in total. The number of likely N-dealkylation sites (N-methyl/N-ethyl adjacent to an activating group) is 1. The average molecular weight is 475 g/mol. The molecule has 0 unspecified atom stereocenters. The first-order valence-electron chi connectivity index (χ1n) is 9.06. The summed E-state index contributed by atoms with van der Waals surface area (Å²) in [7, 11) is 0. The molecule has 1 aliphatic heterocycles. The molecule has 1 aromatic carbocycles. The van der Waals surface area contributed by atoms with Crippen molar-refractivity contribution < 1.29 is 4.39 Å². The van der Waals surface area contributed by atoms with Gasteiger partial charge in [-0.05, 0) is 31.2 Å². The Bertz CT molecular complexity index is 585. The number of hydrogen-bond donors (Lipinski definition) is 2. The van der Waals surface area contributed by atoms with Gasteiger partial charge in [-0.25, -0.2) is 9.38 Å². The summed E-state index contributed by atoms with van der Waals surface area (Å²) < 4.78 is 14.5. The first-order valence-corrected chi connectivity index (χ1v) is 9.06. The summed E-state index contributed by atoms with van der Waals surface area (Å²) in [5, 5.41) is 6.30. The van der Waals surface area contributed by atoms with Gasteiger partial charge in [-0.15, -0.1) is 30.6 Å². The van der Waals surface area contributed by atoms with E-state index in [4.69, 9.17) is 0 Å². The molecule has 1 heterocycles. The topological polar surface area (TPSA) is 42.9 Å². The molecule has 1 aromatic rings. The van der Waals surface area contributed by atoms with Gasteiger partial charge in [0.2, 0.25) is 0 Å². The van der Waals surface area contributed by atoms with Crippen LogP contribution in [0.15, 0.2) is 35.8 Å². The number of aliphatic imine (C=N–C) groups is 1. The standard InChI is InChI=1S/C19H30FN5.HI/c1-4-9-22-19(21-5-2)23-15-16-7-8-18(17(20)14-16)25-12-10-24(6-3)11-13-25;/h4,7-8,14H,1,5-6,9-13,15H2,2-3H3,(H2,21,22,23);1H. The fourth-order valence-electron chi connectivity index (χ4n) is 2.89. The highest BCUT2D eigenvalue weighted by molar-refractivity contribution is 14.0. The van der Waals surface area contributed by atoms with Crippen molar-refractivity contribution in [2.24, 2.45) is 4.99 Å². The maximum atomic E-state index is 14.5. The third-order valence-electron chi connectivity index (χ3n) is 4.35. The van der Waals surface area contributed by atoms with Gasteiger partial charge < -0.3 is 20.4 Å². The summed E-state index contributed by atoms with van der Waals surface area (Å²) in [4.78, 5) is 9.00. The molecular weight excluding hydrogens is 444 g/mol. The van der Waals surface area contributed by atoms with E-state index >= 15 is 0 Å². The maximum absolute atomic E-state index is 14.5. The van der Waals surface area contributed by atoms with E-state index in [0.29, 0.717) is 24.7 Å². The molecule has 0 atom stereocenters. The fourth-order valence-corrected chi connectivity index (χ4v) is 2.89. The van der Waals surface area contributed by atoms with Crippen LogP contribution in [0.4, 0.5) is 10.1 Å². The first kappa shape index (κ1) is 22.7. The van der Waals surface area contributed by atoms with Gasteiger partial charge in [0.05, 0.1) is 12.2 Å². The van der Waals surface area contributed by atoms with Crippen LogP contribution >= 0.6 is 24.0 Å². The number of hydrogen-bond acceptors (Lipinski definition) is 3. The fraction of sp³-hybridized carbons (Fsp3) is 0.526. The van der Waals surface area contributed by atoms with E-state index in [1.807, 2.05) is 19.1 Å². The number of anilines is 1. The van der Waals surface area contributed by atoms with Crippen LogP contribution in [0.3, 0.4) is 0 Å². The second-order valence-corrected chi connectivity index (χ2v) is 6.07. The lowest BCUT2D eigenvalue weighted by molar-refractivity contribution is 0.270. The predicted molar refractivity (Wildman–Crippen MR) is 119 cm³/mol. The van der Waals surface area contributed by atoms with E-state index in [1.54, 1.807) is 12.1 Å². The van der Waals surface area contributed by atoms with Gasteiger partial charge in [0.25, 0.3) is 0 Å². The number of halogens is 2. The quantitative estimate of drug-likeness (QED) is 0.276. The van der Waals surface area contributed by atoms with Crippen LogP contribution < -0.4 is 15.5 Å². The lowest BCUT2D eigenvalue weighted by atomic mass is 10.1. The van der Waals surface area contributed by atoms with Crippen molar-refractivity contribution in [2.45, 2.75) is 20.4 Å². The Morgan fingerprint density at radius 1 is 1.23 bits per heavy atom. The SMILES string of the molecule is C=CCNC(=NCc1ccc(N2CCN(CC)CC2)c(F)c1)NCC.I. The van der Waals surface area contributed by atoms with Crippen LogP contribution in [0, 0.1) is 5.82 Å². The number of rotatable bonds is 7. The van der Waals surface area contributed by atoms with Crippen LogP contribution in [0.5, 0.6) is 0 Å². The Hall–Kier alpha value is -1.35. The molecule has 1 saturated heterocycles. The highest BCUT2D eigenvalue weighted by atomic mass is 127. The minimum atomic E-state index is -0.165. The van der Waals surface area contributed by atoms with Crippen LogP contribution in [0.25, 0.3) is 0 Å². The Morgan fingerprint density at radius 2 is 1.96 bits per heavy atom. The summed E-state index contributed by atoms with van der Waals surface area (Å²) in [5.41, 5.74) is 1.56. The zero-order chi connectivity index (χ0) is 18.1. The highest BCUT2D eigenvalue weighted by Gasteiger charge is 2.18. The van der Waals surface area contributed by atoms with Crippen molar-refractivity contribution in [3.63, 3.8) is 0 Å². The zero-order valence-corrected chi connectivity index (χ0v) is 18.1. The van der Waals surface area contributed by atoms with Gasteiger partial charge >= 0.3 is 0 Å². The van der Waals surface area contributed by atoms with Crippen LogP contribution in [0.2, 0.25) is 0 Å². The molecule has 0 aliphatic carbocycles. The molecule has 7 heteroatoms. The van der Waals surface area contributed by atoms with E-state index in [0.717, 1.165) is 44.8 Å². The van der Waals surface area contributed by atoms with E-state index in [2.05, 4.69) is 38.9 Å². The molecule has 2 rings (SSSR count). The summed E-state index contributed by atoms with van der Waals surface area (Å²) in [6.45, 7) is 14.5. The zero-order valence-electron chi connectivity index (χ0n) is 15.8. The minimum Gasteiger partial charge on any atom is -0.367 e. The molecule has 0 saturated carbocycles. The Balaban J connectivity index is 0.00000338. The van der Waals surface area contributed by atoms with Gasteiger partial charge in [0.1, 0.15) is 5.82 Å². The summed E-state index contributed by atoms with van der Waals surface area (Å²) in [6.07, 6.45) is 1.78. The molecule has 5 nitrogen and oxygen atoms in total. The third kappa shape index (κ3) is 6.75. The molecule has 146 valence electrons. The van der Waals surface area contributed by atoms with Gasteiger partial charge in [0, 0.05) is 39.3 Å². The van der Waals surface area contributed by atoms with Crippen molar-refractivity contribution in [1.29, 1.82) is 0 Å². The number of piperazine rings is 1. The van der Waals surface area contributed by atoms with Crippen molar-refractivity contribution in [3.8, 4) is 0 Å². The summed E-state index contributed by atoms with van der Waals surface area (Å²) in [6, 6.07) is 5.44. The Morgan fingerprint density at radius 3 is 2.54 bits per heavy atom. The molecular formula is C19H31FIN5. The van der Waals surface area contributed by atoms with Gasteiger partial charge in [0.15, 0.2) is 5.96 Å². The van der Waals surface area contributed by atoms with E-state index in [1.165, 1.54) is 0 Å². The molecule has 1 fully saturated rings. The van der Waals surface area contributed by atoms with Crippen molar-refractivity contribution >= 4 is 35.6 Å². The van der Waals surface area contributed by atoms with Crippen LogP contribution in [0.1, 0.15) is 19.4 Å². The maximum Gasteiger partial charge on any atom is 0.191 e. The van der Waals surface area contributed by atoms with Gasteiger partial charge in [-0.2, -0.15) is 0 Å². The summed E-state index contributed by atoms with van der Waals surface area (Å²) >= 11 is 0. The predicted octanol–water partition coefficient (Wildman–Crippen LogP) is 2.83. The molecule has 0 radical (unpaired) electrons. The number of nitrogens with one attached hydrogen (secondary N) is 2. The van der Waals surface area contributed by atoms with Crippen LogP contribution in [-0.2, 0) is 6.54 Å². The van der Waals surface area contributed by atoms with Crippen molar-refractivity contribution in [3.05, 3.63) is 42.2 Å². The second-order valence-electron chi connectivity index (χ2n) is 6.07. The second kappa shape index (κ2) is 12.1. The number of benzene rings is 1. The molecule has 0 bridgehead atoms. The largest absolute Gasteiger partial charge is 0.367 e. The Kier molecular flexibility index (Phi) is 10.6. The lowest BCUT2D eigenvalue weighted by Gasteiger charge is -2.35. The van der Waals surface area contributed by atoms with Crippen molar-refractivity contribution in [2.75, 3.05) is 50.7 Å². The van der Waals surface area contributed by atoms with Gasteiger partial charge in [-0.1, -0.05) is 19.1 Å². The van der Waals surface area contributed by atoms with E-state index < -0.39 is 0 Å². The monoisotopic (exact) mass is 475 g/mol. The number of nitrogens with zero attached hydrogens (tertiary/aromatic N) is 3. The average Bonchev–Trinajstić information content (AvgIpc) is 2.64. The highest BCUT2D eigenvalue weighted by Crippen LogP contribution is 2.22. The normalized spacial score (nSPS) is 15.3. The minimum absolute atomic E-state index is 0. The molecule has 1 aliphatic rings. The van der Waals surface area contributed by atoms with Gasteiger partial charge in [-0.3, -0.25) is 0 Å². The van der Waals surface area contributed by atoms with Crippen LogP contribution in [-0.4, -0.2) is 56.7 Å². The Labute approximate surface area is 173 Å². The number of guanidine groups is 1. The van der Waals surface area contributed by atoms with Crippen molar-refractivity contribution in [1.82, 2.24) is 15.5 Å². The summed E-state index contributed by atoms with van der Waals surface area (Å²) in [5.74, 6) is 0.546. The first-order chi connectivity index (χ1) is 12.2. The lowest BCUT2D eigenvalue weighted by Crippen LogP contribution is -2.46. The molecule has 26 heavy (non-hydrogen) atoms. The third-order valence-corrected chi connectivity index (χ3v) is 4.35. The molecule has 0 spiro atoms. The smallest absolute Gasteiger partial charge is 0.191 e. The molecule has 0 amide bonds. The van der Waals surface area contributed by atoms with E-state index in [9.17, 15) is 4.39 Å². The molecule has 0 aromatic heterocycles. The van der Waals surface area contributed by atoms with E-state index in [-0.39, 0.29) is 29.8 Å².